The quantitative estimate of drug-likeness (QED) is 0.575. The van der Waals surface area contributed by atoms with Crippen LogP contribution in [-0.4, -0.2) is 45.4 Å². The molecule has 2 aliphatic rings. The molecule has 0 saturated carbocycles. The summed E-state index contributed by atoms with van der Waals surface area (Å²) in [5.41, 5.74) is 2.05. The van der Waals surface area contributed by atoms with Gasteiger partial charge in [0.15, 0.2) is 0 Å². The average Bonchev–Trinajstić information content (AvgIpc) is 3.47. The van der Waals surface area contributed by atoms with Gasteiger partial charge in [-0.05, 0) is 54.2 Å². The van der Waals surface area contributed by atoms with Crippen LogP contribution in [-0.2, 0) is 11.3 Å². The number of aliphatic hydroxyl groups excluding tert-OH is 1. The molecule has 5 rings (SSSR count). The van der Waals surface area contributed by atoms with Crippen LogP contribution in [0.15, 0.2) is 46.9 Å². The van der Waals surface area contributed by atoms with Crippen molar-refractivity contribution in [1.29, 1.82) is 0 Å². The summed E-state index contributed by atoms with van der Waals surface area (Å²) in [6.45, 7) is 1.29. The van der Waals surface area contributed by atoms with E-state index in [-0.39, 0.29) is 24.3 Å². The molecule has 3 aromatic rings. The molecule has 0 radical (unpaired) electrons. The first-order valence-electron chi connectivity index (χ1n) is 11.0. The topological polar surface area (TPSA) is 88.7 Å². The molecule has 2 aromatic carbocycles. The van der Waals surface area contributed by atoms with E-state index in [1.807, 2.05) is 0 Å². The van der Waals surface area contributed by atoms with Crippen molar-refractivity contribution >= 4 is 5.91 Å². The standard InChI is InChI=1S/C24H22F3N3O4/c25-17-5-3-13(4-6-17)19(20(31)14-7-9-33-10-8-14)30-12-16-2-1-15(11-18(16)24(30)32)22-28-29-23(34-22)21(26)27/h1-6,11,14,19-21,31H,7-10,12H2/t19-,20+/m1/s1. The summed E-state index contributed by atoms with van der Waals surface area (Å²) in [7, 11) is 0. The number of benzene rings is 2. The Hall–Kier alpha value is -3.24. The van der Waals surface area contributed by atoms with Crippen LogP contribution in [0.2, 0.25) is 0 Å². The Morgan fingerprint density at radius 3 is 2.47 bits per heavy atom. The molecule has 178 valence electrons. The highest BCUT2D eigenvalue weighted by Crippen LogP contribution is 2.39. The van der Waals surface area contributed by atoms with Crippen LogP contribution in [0.5, 0.6) is 0 Å². The van der Waals surface area contributed by atoms with Crippen molar-refractivity contribution in [1.82, 2.24) is 15.1 Å². The third-order valence-electron chi connectivity index (χ3n) is 6.44. The van der Waals surface area contributed by atoms with Crippen molar-refractivity contribution in [3.8, 4) is 11.5 Å². The molecule has 1 aromatic heterocycles. The number of rotatable bonds is 6. The zero-order valence-corrected chi connectivity index (χ0v) is 18.0. The summed E-state index contributed by atoms with van der Waals surface area (Å²) in [6, 6.07) is 9.94. The van der Waals surface area contributed by atoms with E-state index in [2.05, 4.69) is 10.2 Å². The smallest absolute Gasteiger partial charge is 0.314 e. The number of fused-ring (bicyclic) bond motifs is 1. The predicted octanol–water partition coefficient (Wildman–Crippen LogP) is 4.30. The maximum atomic E-state index is 13.6. The minimum atomic E-state index is -2.89. The Morgan fingerprint density at radius 1 is 1.06 bits per heavy atom. The maximum absolute atomic E-state index is 13.6. The Labute approximate surface area is 193 Å². The molecule has 3 heterocycles. The molecule has 1 amide bonds. The largest absolute Gasteiger partial charge is 0.415 e. The molecule has 2 atom stereocenters. The number of aliphatic hydroxyl groups is 1. The predicted molar refractivity (Wildman–Crippen MR) is 113 cm³/mol. The fourth-order valence-electron chi connectivity index (χ4n) is 4.66. The van der Waals surface area contributed by atoms with E-state index in [9.17, 15) is 23.1 Å². The number of aromatic nitrogens is 2. The van der Waals surface area contributed by atoms with E-state index < -0.39 is 30.3 Å². The Morgan fingerprint density at radius 2 is 1.79 bits per heavy atom. The van der Waals surface area contributed by atoms with Gasteiger partial charge in [-0.3, -0.25) is 4.79 Å². The summed E-state index contributed by atoms with van der Waals surface area (Å²) < 4.78 is 49.7. The molecule has 0 bridgehead atoms. The van der Waals surface area contributed by atoms with E-state index in [0.717, 1.165) is 0 Å². The van der Waals surface area contributed by atoms with E-state index in [1.165, 1.54) is 18.2 Å². The molecule has 1 saturated heterocycles. The first-order valence-corrected chi connectivity index (χ1v) is 11.0. The van der Waals surface area contributed by atoms with Crippen LogP contribution in [0, 0.1) is 11.7 Å². The van der Waals surface area contributed by atoms with E-state index in [4.69, 9.17) is 9.15 Å². The zero-order valence-electron chi connectivity index (χ0n) is 18.0. The number of hydrogen-bond acceptors (Lipinski definition) is 6. The summed E-state index contributed by atoms with van der Waals surface area (Å²) in [5.74, 6) is -1.72. The van der Waals surface area contributed by atoms with Crippen LogP contribution in [0.25, 0.3) is 11.5 Å². The van der Waals surface area contributed by atoms with Gasteiger partial charge in [-0.25, -0.2) is 4.39 Å². The number of halogens is 3. The van der Waals surface area contributed by atoms with Gasteiger partial charge in [0.25, 0.3) is 11.8 Å². The second-order valence-corrected chi connectivity index (χ2v) is 8.49. The summed E-state index contributed by atoms with van der Waals surface area (Å²) in [6.07, 6.45) is -2.46. The van der Waals surface area contributed by atoms with Gasteiger partial charge in [-0.2, -0.15) is 8.78 Å². The second-order valence-electron chi connectivity index (χ2n) is 8.49. The fraction of sp³-hybridized carbons (Fsp3) is 0.375. The first kappa shape index (κ1) is 22.5. The first-order chi connectivity index (χ1) is 16.4. The van der Waals surface area contributed by atoms with Gasteiger partial charge < -0.3 is 19.2 Å². The number of carbonyl (C=O) groups is 1. The molecular weight excluding hydrogens is 451 g/mol. The van der Waals surface area contributed by atoms with Crippen molar-refractivity contribution in [2.45, 2.75) is 38.0 Å². The Kier molecular flexibility index (Phi) is 6.09. The third kappa shape index (κ3) is 4.19. The number of alkyl halides is 2. The van der Waals surface area contributed by atoms with Gasteiger partial charge in [0.1, 0.15) is 5.82 Å². The van der Waals surface area contributed by atoms with Crippen molar-refractivity contribution in [2.75, 3.05) is 13.2 Å². The molecule has 0 unspecified atom stereocenters. The Balaban J connectivity index is 1.47. The number of carbonyl (C=O) groups excluding carboxylic acids is 1. The average molecular weight is 473 g/mol. The van der Waals surface area contributed by atoms with Crippen LogP contribution >= 0.6 is 0 Å². The van der Waals surface area contributed by atoms with Crippen LogP contribution in [0.3, 0.4) is 0 Å². The minimum absolute atomic E-state index is 0.0814. The molecule has 1 N–H and O–H groups in total. The lowest BCUT2D eigenvalue weighted by atomic mass is 9.85. The number of nitrogens with zero attached hydrogens (tertiary/aromatic N) is 3. The zero-order chi connectivity index (χ0) is 23.8. The van der Waals surface area contributed by atoms with Gasteiger partial charge in [-0.1, -0.05) is 18.2 Å². The second kappa shape index (κ2) is 9.19. The highest BCUT2D eigenvalue weighted by molar-refractivity contribution is 5.99. The summed E-state index contributed by atoms with van der Waals surface area (Å²) in [5, 5.41) is 18.3. The monoisotopic (exact) mass is 473 g/mol. The summed E-state index contributed by atoms with van der Waals surface area (Å²) in [4.78, 5) is 15.1. The minimum Gasteiger partial charge on any atom is -0.415 e. The number of amides is 1. The van der Waals surface area contributed by atoms with Gasteiger partial charge in [0, 0.05) is 30.9 Å². The lowest BCUT2D eigenvalue weighted by Gasteiger charge is -2.37. The Bertz CT molecular complexity index is 1180. The fourth-order valence-corrected chi connectivity index (χ4v) is 4.66. The molecule has 34 heavy (non-hydrogen) atoms. The molecule has 2 aliphatic heterocycles. The van der Waals surface area contributed by atoms with E-state index in [0.29, 0.717) is 48.3 Å². The maximum Gasteiger partial charge on any atom is 0.314 e. The molecule has 10 heteroatoms. The lowest BCUT2D eigenvalue weighted by molar-refractivity contribution is -0.0313. The highest BCUT2D eigenvalue weighted by Gasteiger charge is 2.40. The van der Waals surface area contributed by atoms with Crippen LogP contribution in [0.1, 0.15) is 52.7 Å². The van der Waals surface area contributed by atoms with Crippen molar-refractivity contribution in [3.63, 3.8) is 0 Å². The van der Waals surface area contributed by atoms with Crippen LogP contribution in [0.4, 0.5) is 13.2 Å². The van der Waals surface area contributed by atoms with Gasteiger partial charge in [-0.15, -0.1) is 10.2 Å². The molecule has 1 fully saturated rings. The van der Waals surface area contributed by atoms with Crippen molar-refractivity contribution < 1.29 is 32.2 Å². The molecule has 0 spiro atoms. The lowest BCUT2D eigenvalue weighted by Crippen LogP contribution is -2.42. The number of ether oxygens (including phenoxy) is 1. The number of hydrogen-bond donors (Lipinski definition) is 1. The van der Waals surface area contributed by atoms with Crippen molar-refractivity contribution in [2.24, 2.45) is 5.92 Å². The summed E-state index contributed by atoms with van der Waals surface area (Å²) >= 11 is 0. The van der Waals surface area contributed by atoms with E-state index >= 15 is 0 Å². The van der Waals surface area contributed by atoms with Gasteiger partial charge >= 0.3 is 6.43 Å². The van der Waals surface area contributed by atoms with Crippen LogP contribution < -0.4 is 0 Å². The SMILES string of the molecule is O=C1c2cc(-c3nnc(C(F)F)o3)ccc2CN1[C@H](c1ccc(F)cc1)[C@@H](O)C1CCOCC1. The normalized spacial score (nSPS) is 18.4. The molecule has 7 nitrogen and oxygen atoms in total. The molecule has 0 aliphatic carbocycles. The third-order valence-corrected chi connectivity index (χ3v) is 6.44. The molecular formula is C24H22F3N3O4. The van der Waals surface area contributed by atoms with E-state index in [1.54, 1.807) is 29.2 Å². The van der Waals surface area contributed by atoms with Gasteiger partial charge in [0.05, 0.1) is 12.1 Å². The van der Waals surface area contributed by atoms with Gasteiger partial charge in [0.2, 0.25) is 5.89 Å². The van der Waals surface area contributed by atoms with Crippen molar-refractivity contribution in [3.05, 3.63) is 70.9 Å². The highest BCUT2D eigenvalue weighted by atomic mass is 19.3.